The number of carbonyl (C=O) groups excluding carboxylic acids is 1. The van der Waals surface area contributed by atoms with Crippen LogP contribution in [0.3, 0.4) is 0 Å². The van der Waals surface area contributed by atoms with Crippen LogP contribution in [0, 0.1) is 13.8 Å². The molecule has 154 valence electrons. The first-order chi connectivity index (χ1) is 13.4. The van der Waals surface area contributed by atoms with Gasteiger partial charge in [0.2, 0.25) is 0 Å². The number of aryl methyl sites for hydroxylation is 1. The molecule has 0 saturated heterocycles. The van der Waals surface area contributed by atoms with Gasteiger partial charge in [-0.15, -0.1) is 0 Å². The number of ether oxygens (including phenoxy) is 2. The summed E-state index contributed by atoms with van der Waals surface area (Å²) in [7, 11) is 1.75. The molecule has 29 heavy (non-hydrogen) atoms. The molecule has 0 bridgehead atoms. The summed E-state index contributed by atoms with van der Waals surface area (Å²) in [6.45, 7) is 15.0. The predicted octanol–water partition coefficient (Wildman–Crippen LogP) is 5.89. The monoisotopic (exact) mass is 392 g/mol. The highest BCUT2D eigenvalue weighted by Crippen LogP contribution is 2.64. The Bertz CT molecular complexity index is 1030. The summed E-state index contributed by atoms with van der Waals surface area (Å²) in [4.78, 5) is 11.6. The molecule has 2 aliphatic carbocycles. The first-order valence-electron chi connectivity index (χ1n) is 10.5. The topological polar surface area (TPSA) is 35.5 Å². The normalized spacial score (nSPS) is 23.0. The molecule has 1 atom stereocenters. The lowest BCUT2D eigenvalue weighted by Gasteiger charge is -2.30. The molecular weight excluding hydrogens is 360 g/mol. The fraction of sp³-hybridized carbons (Fsp3) is 0.500. The number of fused-ring (bicyclic) bond motifs is 4. The molecule has 1 unspecified atom stereocenters. The van der Waals surface area contributed by atoms with Crippen molar-refractivity contribution in [1.29, 1.82) is 0 Å². The van der Waals surface area contributed by atoms with Gasteiger partial charge in [0.1, 0.15) is 11.5 Å². The summed E-state index contributed by atoms with van der Waals surface area (Å²) in [6.07, 6.45) is 2.12. The SMILES string of the molecule is COc1cc2c(cc1C)C(C)(C)CC21CC(C)(C)c2c1ccc(OC(C)=O)c2C. The third-order valence-electron chi connectivity index (χ3n) is 7.13. The van der Waals surface area contributed by atoms with E-state index in [9.17, 15) is 4.79 Å². The van der Waals surface area contributed by atoms with Gasteiger partial charge in [-0.3, -0.25) is 4.79 Å². The van der Waals surface area contributed by atoms with Crippen LogP contribution in [0.4, 0.5) is 0 Å². The summed E-state index contributed by atoms with van der Waals surface area (Å²) in [5, 5.41) is 0. The van der Waals surface area contributed by atoms with Gasteiger partial charge in [0, 0.05) is 12.3 Å². The molecule has 0 aliphatic heterocycles. The van der Waals surface area contributed by atoms with Gasteiger partial charge in [0.05, 0.1) is 7.11 Å². The molecule has 2 aromatic rings. The molecule has 2 aliphatic rings. The van der Waals surface area contributed by atoms with Crippen LogP contribution in [0.5, 0.6) is 11.5 Å². The van der Waals surface area contributed by atoms with Crippen molar-refractivity contribution in [2.75, 3.05) is 7.11 Å². The predicted molar refractivity (Wildman–Crippen MR) is 116 cm³/mol. The minimum Gasteiger partial charge on any atom is -0.496 e. The maximum absolute atomic E-state index is 11.6. The summed E-state index contributed by atoms with van der Waals surface area (Å²) in [6, 6.07) is 8.79. The molecule has 0 saturated carbocycles. The third kappa shape index (κ3) is 2.73. The summed E-state index contributed by atoms with van der Waals surface area (Å²) < 4.78 is 11.2. The maximum Gasteiger partial charge on any atom is 0.308 e. The van der Waals surface area contributed by atoms with Gasteiger partial charge < -0.3 is 9.47 Å². The van der Waals surface area contributed by atoms with Crippen molar-refractivity contribution in [3.63, 3.8) is 0 Å². The molecular formula is C26H32O3. The quantitative estimate of drug-likeness (QED) is 0.472. The summed E-state index contributed by atoms with van der Waals surface area (Å²) in [5.41, 5.74) is 7.86. The smallest absolute Gasteiger partial charge is 0.308 e. The maximum atomic E-state index is 11.6. The average Bonchev–Trinajstić information content (AvgIpc) is 2.96. The Hall–Kier alpha value is -2.29. The molecule has 3 nitrogen and oxygen atoms in total. The fourth-order valence-corrected chi connectivity index (χ4v) is 6.37. The molecule has 0 amide bonds. The van der Waals surface area contributed by atoms with E-state index in [1.807, 2.05) is 6.07 Å². The van der Waals surface area contributed by atoms with Gasteiger partial charge in [-0.1, -0.05) is 39.8 Å². The van der Waals surface area contributed by atoms with E-state index in [1.54, 1.807) is 7.11 Å². The van der Waals surface area contributed by atoms with Crippen LogP contribution in [-0.2, 0) is 21.0 Å². The van der Waals surface area contributed by atoms with E-state index in [0.717, 1.165) is 24.2 Å². The zero-order valence-corrected chi connectivity index (χ0v) is 18.9. The van der Waals surface area contributed by atoms with Crippen molar-refractivity contribution < 1.29 is 14.3 Å². The Kier molecular flexibility index (Phi) is 4.21. The Morgan fingerprint density at radius 2 is 1.55 bits per heavy atom. The van der Waals surface area contributed by atoms with Crippen LogP contribution >= 0.6 is 0 Å². The first kappa shape index (κ1) is 20.0. The highest BCUT2D eigenvalue weighted by molar-refractivity contribution is 5.71. The van der Waals surface area contributed by atoms with E-state index in [2.05, 4.69) is 59.7 Å². The van der Waals surface area contributed by atoms with Gasteiger partial charge in [-0.2, -0.15) is 0 Å². The number of carbonyl (C=O) groups is 1. The Balaban J connectivity index is 2.00. The number of esters is 1. The molecule has 0 N–H and O–H groups in total. The second-order valence-corrected chi connectivity index (χ2v) is 10.3. The molecule has 0 aromatic heterocycles. The van der Waals surface area contributed by atoms with E-state index in [0.29, 0.717) is 5.75 Å². The van der Waals surface area contributed by atoms with Crippen molar-refractivity contribution in [2.45, 2.75) is 77.6 Å². The van der Waals surface area contributed by atoms with Crippen molar-refractivity contribution >= 4 is 5.97 Å². The van der Waals surface area contributed by atoms with Crippen LogP contribution < -0.4 is 9.47 Å². The largest absolute Gasteiger partial charge is 0.496 e. The summed E-state index contributed by atoms with van der Waals surface area (Å²) in [5.74, 6) is 1.37. The lowest BCUT2D eigenvalue weighted by Crippen LogP contribution is -2.26. The van der Waals surface area contributed by atoms with Gasteiger partial charge in [-0.25, -0.2) is 0 Å². The zero-order valence-electron chi connectivity index (χ0n) is 18.9. The van der Waals surface area contributed by atoms with Crippen molar-refractivity contribution in [3.8, 4) is 11.5 Å². The van der Waals surface area contributed by atoms with Gasteiger partial charge in [0.25, 0.3) is 0 Å². The molecule has 1 spiro atoms. The van der Waals surface area contributed by atoms with Crippen LogP contribution in [0.2, 0.25) is 0 Å². The van der Waals surface area contributed by atoms with Crippen molar-refractivity contribution in [1.82, 2.24) is 0 Å². The standard InChI is InChI=1S/C26H32O3/c1-15-11-19-20(12-22(15)28-8)26(13-24(19,4)5)14-25(6,7)23-16(2)21(29-17(3)27)10-9-18(23)26/h9-12H,13-14H2,1-8H3. The van der Waals surface area contributed by atoms with Crippen molar-refractivity contribution in [3.05, 3.63) is 57.6 Å². The number of hydrogen-bond donors (Lipinski definition) is 0. The number of hydrogen-bond acceptors (Lipinski definition) is 3. The third-order valence-corrected chi connectivity index (χ3v) is 7.13. The van der Waals surface area contributed by atoms with Gasteiger partial charge >= 0.3 is 5.97 Å². The lowest BCUT2D eigenvalue weighted by atomic mass is 9.72. The Morgan fingerprint density at radius 1 is 0.897 bits per heavy atom. The van der Waals surface area contributed by atoms with Crippen LogP contribution in [0.15, 0.2) is 24.3 Å². The lowest BCUT2D eigenvalue weighted by molar-refractivity contribution is -0.131. The van der Waals surface area contributed by atoms with E-state index in [1.165, 1.54) is 34.7 Å². The first-order valence-corrected chi connectivity index (χ1v) is 10.5. The van der Waals surface area contributed by atoms with E-state index in [-0.39, 0.29) is 22.2 Å². The molecule has 2 aromatic carbocycles. The highest BCUT2D eigenvalue weighted by atomic mass is 16.5. The van der Waals surface area contributed by atoms with Crippen LogP contribution in [0.25, 0.3) is 0 Å². The van der Waals surface area contributed by atoms with Gasteiger partial charge in [-0.05, 0) is 83.0 Å². The van der Waals surface area contributed by atoms with E-state index in [4.69, 9.17) is 9.47 Å². The van der Waals surface area contributed by atoms with Crippen LogP contribution in [0.1, 0.15) is 80.8 Å². The van der Waals surface area contributed by atoms with Crippen LogP contribution in [-0.4, -0.2) is 13.1 Å². The number of rotatable bonds is 2. The zero-order chi connectivity index (χ0) is 21.4. The minimum absolute atomic E-state index is 0.00854. The molecule has 0 heterocycles. The molecule has 4 rings (SSSR count). The van der Waals surface area contributed by atoms with Gasteiger partial charge in [0.15, 0.2) is 0 Å². The molecule has 0 radical (unpaired) electrons. The van der Waals surface area contributed by atoms with Crippen molar-refractivity contribution in [2.24, 2.45) is 0 Å². The van der Waals surface area contributed by atoms with E-state index < -0.39 is 0 Å². The number of methoxy groups -OCH3 is 1. The highest BCUT2D eigenvalue weighted by Gasteiger charge is 2.57. The Labute approximate surface area is 174 Å². The second kappa shape index (κ2) is 6.10. The second-order valence-electron chi connectivity index (χ2n) is 10.3. The average molecular weight is 393 g/mol. The summed E-state index contributed by atoms with van der Waals surface area (Å²) >= 11 is 0. The Morgan fingerprint density at radius 3 is 2.17 bits per heavy atom. The minimum atomic E-state index is -0.272. The van der Waals surface area contributed by atoms with E-state index >= 15 is 0 Å². The molecule has 0 fully saturated rings. The number of benzene rings is 2. The molecule has 3 heteroatoms. The fourth-order valence-electron chi connectivity index (χ4n) is 6.37.